The number of carbonyl (C=O) groups excluding carboxylic acids is 2. The van der Waals surface area contributed by atoms with E-state index < -0.39 is 5.91 Å². The van der Waals surface area contributed by atoms with Crippen LogP contribution < -0.4 is 10.6 Å². The molecular formula is C24H25N5O4. The zero-order valence-corrected chi connectivity index (χ0v) is 18.3. The Bertz CT molecular complexity index is 1140. The Morgan fingerprint density at radius 2 is 1.85 bits per heavy atom. The number of pyridine rings is 1. The van der Waals surface area contributed by atoms with Gasteiger partial charge in [0.05, 0.1) is 24.9 Å². The fourth-order valence-electron chi connectivity index (χ4n) is 4.78. The highest BCUT2D eigenvalue weighted by atomic mass is 16.5. The van der Waals surface area contributed by atoms with E-state index in [0.717, 1.165) is 43.5 Å². The average molecular weight is 447 g/mol. The normalized spacial score (nSPS) is 23.7. The van der Waals surface area contributed by atoms with Crippen LogP contribution in [-0.2, 0) is 9.53 Å². The van der Waals surface area contributed by atoms with E-state index in [0.29, 0.717) is 11.6 Å². The Morgan fingerprint density at radius 3 is 2.55 bits per heavy atom. The number of hydrogen-bond donors (Lipinski definition) is 2. The summed E-state index contributed by atoms with van der Waals surface area (Å²) in [6.45, 7) is 0. The fraction of sp³-hybridized carbons (Fsp3) is 0.375. The molecule has 9 nitrogen and oxygen atoms in total. The zero-order valence-electron chi connectivity index (χ0n) is 18.3. The van der Waals surface area contributed by atoms with Gasteiger partial charge in [0.1, 0.15) is 0 Å². The van der Waals surface area contributed by atoms with Crippen molar-refractivity contribution in [1.82, 2.24) is 15.2 Å². The molecule has 3 aromatic rings. The molecule has 1 atom stereocenters. The fourth-order valence-corrected chi connectivity index (χ4v) is 4.78. The highest BCUT2D eigenvalue weighted by Gasteiger charge is 2.59. The molecule has 2 aliphatic carbocycles. The van der Waals surface area contributed by atoms with Crippen LogP contribution in [0, 0.1) is 11.3 Å². The lowest BCUT2D eigenvalue weighted by Crippen LogP contribution is -2.20. The van der Waals surface area contributed by atoms with Crippen LogP contribution in [0.5, 0.6) is 0 Å². The standard InChI is InChI=1S/C24H25N5O4/c1-32-22(31)18-13-24(18)11-9-15(10-12-24)19-8-7-17(14-25-19)26-20(30)21-28-29-23(33-21)27-16-5-3-2-4-6-16/h2-8,14-15,18H,9-13H2,1H3,(H,26,30)(H,27,29)/t15-,18?,24-. The molecule has 2 N–H and O–H groups in total. The number of nitrogens with one attached hydrogen (secondary N) is 2. The summed E-state index contributed by atoms with van der Waals surface area (Å²) in [5.74, 6) is -0.278. The summed E-state index contributed by atoms with van der Waals surface area (Å²) in [4.78, 5) is 28.8. The summed E-state index contributed by atoms with van der Waals surface area (Å²) in [5.41, 5.74) is 2.49. The minimum Gasteiger partial charge on any atom is -0.469 e. The second kappa shape index (κ2) is 8.65. The number of anilines is 3. The van der Waals surface area contributed by atoms with E-state index in [1.54, 1.807) is 6.20 Å². The average Bonchev–Trinajstić information content (AvgIpc) is 3.33. The molecule has 170 valence electrons. The molecule has 1 amide bonds. The van der Waals surface area contributed by atoms with Gasteiger partial charge in [-0.05, 0) is 61.8 Å². The van der Waals surface area contributed by atoms with Gasteiger partial charge in [0, 0.05) is 17.3 Å². The smallest absolute Gasteiger partial charge is 0.320 e. The second-order valence-electron chi connectivity index (χ2n) is 8.75. The van der Waals surface area contributed by atoms with Gasteiger partial charge in [0.2, 0.25) is 0 Å². The Labute approximate surface area is 191 Å². The summed E-state index contributed by atoms with van der Waals surface area (Å²) >= 11 is 0. The number of aromatic nitrogens is 3. The van der Waals surface area contributed by atoms with E-state index in [1.165, 1.54) is 7.11 Å². The Kier molecular flexibility index (Phi) is 5.53. The van der Waals surface area contributed by atoms with E-state index in [4.69, 9.17) is 9.15 Å². The molecule has 2 fully saturated rings. The van der Waals surface area contributed by atoms with Gasteiger partial charge in [-0.25, -0.2) is 0 Å². The van der Waals surface area contributed by atoms with E-state index >= 15 is 0 Å². The van der Waals surface area contributed by atoms with Crippen molar-refractivity contribution in [2.24, 2.45) is 11.3 Å². The molecule has 0 saturated heterocycles. The molecule has 0 radical (unpaired) electrons. The lowest BCUT2D eigenvalue weighted by atomic mass is 9.77. The van der Waals surface area contributed by atoms with Crippen molar-refractivity contribution in [2.75, 3.05) is 17.7 Å². The number of nitrogens with zero attached hydrogens (tertiary/aromatic N) is 3. The summed E-state index contributed by atoms with van der Waals surface area (Å²) in [6, 6.07) is 13.3. The van der Waals surface area contributed by atoms with Gasteiger partial charge in [-0.1, -0.05) is 23.3 Å². The number of carbonyl (C=O) groups is 2. The molecule has 2 heterocycles. The molecule has 9 heteroatoms. The Balaban J connectivity index is 1.15. The minimum absolute atomic E-state index is 0.0714. The highest BCUT2D eigenvalue weighted by Crippen LogP contribution is 2.63. The summed E-state index contributed by atoms with van der Waals surface area (Å²) in [7, 11) is 1.46. The van der Waals surface area contributed by atoms with Crippen LogP contribution in [0.25, 0.3) is 0 Å². The molecule has 1 unspecified atom stereocenters. The van der Waals surface area contributed by atoms with Crippen LogP contribution in [0.1, 0.15) is 54.4 Å². The monoisotopic (exact) mass is 447 g/mol. The summed E-state index contributed by atoms with van der Waals surface area (Å²) < 4.78 is 10.3. The molecule has 2 aliphatic rings. The maximum absolute atomic E-state index is 12.5. The molecule has 1 aromatic carbocycles. The lowest BCUT2D eigenvalue weighted by molar-refractivity contribution is -0.143. The van der Waals surface area contributed by atoms with E-state index in [-0.39, 0.29) is 29.2 Å². The summed E-state index contributed by atoms with van der Waals surface area (Å²) in [5, 5.41) is 13.3. The SMILES string of the molecule is COC(=O)C1C[C@]12CC[C@@H](c1ccc(NC(=O)c3nnc(Nc4ccccc4)o3)cn1)CC2. The second-order valence-corrected chi connectivity index (χ2v) is 8.75. The number of esters is 1. The van der Waals surface area contributed by atoms with Crippen molar-refractivity contribution in [3.05, 3.63) is 60.2 Å². The Hall–Kier alpha value is -3.75. The number of para-hydroxylation sites is 1. The molecule has 2 saturated carbocycles. The number of benzene rings is 1. The van der Waals surface area contributed by atoms with Crippen molar-refractivity contribution >= 4 is 29.3 Å². The van der Waals surface area contributed by atoms with E-state index in [1.807, 2.05) is 42.5 Å². The predicted octanol–water partition coefficient (Wildman–Crippen LogP) is 4.30. The lowest BCUT2D eigenvalue weighted by Gasteiger charge is -2.28. The van der Waals surface area contributed by atoms with Gasteiger partial charge < -0.3 is 19.8 Å². The van der Waals surface area contributed by atoms with Gasteiger partial charge in [-0.15, -0.1) is 5.10 Å². The topological polar surface area (TPSA) is 119 Å². The summed E-state index contributed by atoms with van der Waals surface area (Å²) in [6.07, 6.45) is 6.65. The van der Waals surface area contributed by atoms with Crippen LogP contribution in [0.15, 0.2) is 53.1 Å². The third-order valence-electron chi connectivity index (χ3n) is 6.76. The van der Waals surface area contributed by atoms with Crippen molar-refractivity contribution in [3.63, 3.8) is 0 Å². The molecule has 2 aromatic heterocycles. The first-order chi connectivity index (χ1) is 16.1. The van der Waals surface area contributed by atoms with Crippen molar-refractivity contribution in [1.29, 1.82) is 0 Å². The molecule has 0 bridgehead atoms. The quantitative estimate of drug-likeness (QED) is 0.537. The number of amides is 1. The molecule has 33 heavy (non-hydrogen) atoms. The molecule has 0 aliphatic heterocycles. The van der Waals surface area contributed by atoms with Gasteiger partial charge in [-0.2, -0.15) is 0 Å². The van der Waals surface area contributed by atoms with Crippen molar-refractivity contribution in [3.8, 4) is 0 Å². The highest BCUT2D eigenvalue weighted by molar-refractivity contribution is 6.00. The van der Waals surface area contributed by atoms with Crippen LogP contribution in [0.4, 0.5) is 17.4 Å². The molecular weight excluding hydrogens is 422 g/mol. The van der Waals surface area contributed by atoms with E-state index in [9.17, 15) is 9.59 Å². The zero-order chi connectivity index (χ0) is 22.8. The van der Waals surface area contributed by atoms with Crippen LogP contribution in [0.3, 0.4) is 0 Å². The largest absolute Gasteiger partial charge is 0.469 e. The van der Waals surface area contributed by atoms with Gasteiger partial charge in [0.25, 0.3) is 0 Å². The number of rotatable bonds is 6. The molecule has 1 spiro atoms. The number of methoxy groups -OCH3 is 1. The van der Waals surface area contributed by atoms with E-state index in [2.05, 4.69) is 25.8 Å². The molecule has 5 rings (SSSR count). The first-order valence-electron chi connectivity index (χ1n) is 11.1. The first kappa shape index (κ1) is 21.1. The van der Waals surface area contributed by atoms with Crippen LogP contribution >= 0.6 is 0 Å². The van der Waals surface area contributed by atoms with Gasteiger partial charge >= 0.3 is 23.8 Å². The Morgan fingerprint density at radius 1 is 1.06 bits per heavy atom. The van der Waals surface area contributed by atoms with Crippen LogP contribution in [-0.4, -0.2) is 34.2 Å². The third kappa shape index (κ3) is 4.44. The maximum atomic E-state index is 12.5. The first-order valence-corrected chi connectivity index (χ1v) is 11.1. The van der Waals surface area contributed by atoms with Crippen molar-refractivity contribution < 1.29 is 18.7 Å². The predicted molar refractivity (Wildman–Crippen MR) is 120 cm³/mol. The van der Waals surface area contributed by atoms with Crippen molar-refractivity contribution in [2.45, 2.75) is 38.0 Å². The maximum Gasteiger partial charge on any atom is 0.320 e. The number of hydrogen-bond acceptors (Lipinski definition) is 8. The van der Waals surface area contributed by atoms with Gasteiger partial charge in [0.15, 0.2) is 0 Å². The van der Waals surface area contributed by atoms with Crippen LogP contribution in [0.2, 0.25) is 0 Å². The minimum atomic E-state index is -0.500. The van der Waals surface area contributed by atoms with Gasteiger partial charge in [-0.3, -0.25) is 14.6 Å². The number of ether oxygens (including phenoxy) is 1. The third-order valence-corrected chi connectivity index (χ3v) is 6.76.